The number of imide groups is 1. The molecule has 5 aliphatic rings. The van der Waals surface area contributed by atoms with E-state index in [0.29, 0.717) is 49.1 Å². The highest BCUT2D eigenvalue weighted by atomic mass is 19.3. The highest BCUT2D eigenvalue weighted by molar-refractivity contribution is 6.00. The number of nitrogens with zero attached hydrogens (tertiary/aromatic N) is 9. The topological polar surface area (TPSA) is 126 Å². The van der Waals surface area contributed by atoms with E-state index in [2.05, 4.69) is 35.9 Å². The molecule has 5 aromatic rings. The molecule has 10 rings (SSSR count). The molecule has 3 aromatic heterocycles. The van der Waals surface area contributed by atoms with Gasteiger partial charge in [-0.2, -0.15) is 5.10 Å². The van der Waals surface area contributed by atoms with Crippen molar-refractivity contribution in [3.05, 3.63) is 87.9 Å². The SMILES string of the molecule is CC(=O)N1CCc2c(c(N3CCCc4cc(-c5cnn(C)c5)c(C(F)F)cc43)cn2C2CCN(CCCCN3CCC(Cn4c(=O)n(C5CCC(=O)NC5=O)c5ccccc54)CC3)CC2)C1. The number of rotatable bonds is 12. The zero-order chi connectivity index (χ0) is 45.6. The van der Waals surface area contributed by atoms with Gasteiger partial charge in [-0.15, -0.1) is 0 Å². The van der Waals surface area contributed by atoms with E-state index in [-0.39, 0.29) is 29.5 Å². The zero-order valence-electron chi connectivity index (χ0n) is 38.3. The van der Waals surface area contributed by atoms with Crippen molar-refractivity contribution in [1.82, 2.24) is 43.5 Å². The first kappa shape index (κ1) is 44.2. The van der Waals surface area contributed by atoms with E-state index in [4.69, 9.17) is 0 Å². The Morgan fingerprint density at radius 1 is 0.848 bits per heavy atom. The first-order valence-electron chi connectivity index (χ1n) is 24.2. The van der Waals surface area contributed by atoms with E-state index in [1.807, 2.05) is 39.8 Å². The fourth-order valence-electron chi connectivity index (χ4n) is 11.7. The van der Waals surface area contributed by atoms with Crippen LogP contribution in [0.2, 0.25) is 0 Å². The maximum atomic E-state index is 14.8. The number of unbranched alkanes of at least 4 members (excludes halogenated alkanes) is 1. The number of para-hydroxylation sites is 2. The van der Waals surface area contributed by atoms with Gasteiger partial charge in [0.1, 0.15) is 6.04 Å². The van der Waals surface area contributed by atoms with Gasteiger partial charge in [0.25, 0.3) is 6.43 Å². The Hall–Kier alpha value is -5.61. The molecular weight excluding hydrogens is 843 g/mol. The Labute approximate surface area is 384 Å². The van der Waals surface area contributed by atoms with Crippen LogP contribution >= 0.6 is 0 Å². The number of amides is 3. The van der Waals surface area contributed by atoms with Crippen molar-refractivity contribution < 1.29 is 23.2 Å². The number of halogens is 2. The summed E-state index contributed by atoms with van der Waals surface area (Å²) in [6.07, 6.45) is 12.6. The van der Waals surface area contributed by atoms with Crippen LogP contribution in [0.4, 0.5) is 20.2 Å². The molecule has 66 heavy (non-hydrogen) atoms. The highest BCUT2D eigenvalue weighted by Crippen LogP contribution is 2.45. The first-order chi connectivity index (χ1) is 32.0. The van der Waals surface area contributed by atoms with Gasteiger partial charge in [0, 0.05) is 113 Å². The van der Waals surface area contributed by atoms with Gasteiger partial charge in [-0.1, -0.05) is 12.1 Å². The second kappa shape index (κ2) is 18.6. The van der Waals surface area contributed by atoms with Crippen LogP contribution in [-0.2, 0) is 47.4 Å². The van der Waals surface area contributed by atoms with Crippen LogP contribution in [0.5, 0.6) is 0 Å². The summed E-state index contributed by atoms with van der Waals surface area (Å²) in [4.78, 5) is 60.4. The molecule has 14 nitrogen and oxygen atoms in total. The Bertz CT molecular complexity index is 2680. The lowest BCUT2D eigenvalue weighted by atomic mass is 9.92. The number of piperidine rings is 3. The maximum Gasteiger partial charge on any atom is 0.329 e. The Morgan fingerprint density at radius 2 is 1.58 bits per heavy atom. The number of imidazole rings is 1. The average Bonchev–Trinajstić information content (AvgIpc) is 4.01. The molecule has 5 aliphatic heterocycles. The monoisotopic (exact) mass is 904 g/mol. The normalized spacial score (nSPS) is 20.3. The predicted molar refractivity (Wildman–Crippen MR) is 249 cm³/mol. The summed E-state index contributed by atoms with van der Waals surface area (Å²) in [7, 11) is 1.80. The molecule has 3 saturated heterocycles. The lowest BCUT2D eigenvalue weighted by Gasteiger charge is -2.35. The second-order valence-corrected chi connectivity index (χ2v) is 19.3. The van der Waals surface area contributed by atoms with Crippen molar-refractivity contribution in [3.8, 4) is 11.1 Å². The number of benzene rings is 2. The molecule has 0 saturated carbocycles. The molecule has 8 heterocycles. The van der Waals surface area contributed by atoms with Gasteiger partial charge in [0.15, 0.2) is 0 Å². The third kappa shape index (κ3) is 8.62. The van der Waals surface area contributed by atoms with Crippen LogP contribution in [0, 0.1) is 5.92 Å². The minimum Gasteiger partial charge on any atom is -0.346 e. The van der Waals surface area contributed by atoms with Crippen LogP contribution in [0.15, 0.2) is 59.8 Å². The molecule has 16 heteroatoms. The van der Waals surface area contributed by atoms with E-state index in [1.165, 1.54) is 5.69 Å². The number of fused-ring (bicyclic) bond motifs is 3. The third-order valence-electron chi connectivity index (χ3n) is 15.2. The van der Waals surface area contributed by atoms with Crippen molar-refractivity contribution in [2.24, 2.45) is 13.0 Å². The van der Waals surface area contributed by atoms with Gasteiger partial charge in [0.2, 0.25) is 17.7 Å². The molecule has 0 bridgehead atoms. The lowest BCUT2D eigenvalue weighted by molar-refractivity contribution is -0.135. The number of hydrogen-bond donors (Lipinski definition) is 1. The minimum absolute atomic E-state index is 0.0191. The number of hydrogen-bond acceptors (Lipinski definition) is 8. The molecule has 3 amide bonds. The van der Waals surface area contributed by atoms with E-state index < -0.39 is 18.4 Å². The summed E-state index contributed by atoms with van der Waals surface area (Å²) in [5.41, 5.74) is 8.03. The zero-order valence-corrected chi connectivity index (χ0v) is 38.3. The van der Waals surface area contributed by atoms with Crippen LogP contribution in [-0.4, -0.2) is 108 Å². The van der Waals surface area contributed by atoms with E-state index in [0.717, 1.165) is 137 Å². The van der Waals surface area contributed by atoms with Crippen molar-refractivity contribution in [2.75, 3.05) is 57.3 Å². The van der Waals surface area contributed by atoms with Gasteiger partial charge in [-0.3, -0.25) is 33.5 Å². The Morgan fingerprint density at radius 3 is 2.26 bits per heavy atom. The van der Waals surface area contributed by atoms with Crippen molar-refractivity contribution in [1.29, 1.82) is 0 Å². The lowest BCUT2D eigenvalue weighted by Crippen LogP contribution is -2.44. The third-order valence-corrected chi connectivity index (χ3v) is 15.2. The van der Waals surface area contributed by atoms with Gasteiger partial charge in [-0.25, -0.2) is 13.6 Å². The number of likely N-dealkylation sites (tertiary alicyclic amines) is 2. The number of aromatic nitrogens is 5. The summed E-state index contributed by atoms with van der Waals surface area (Å²) in [5, 5.41) is 6.67. The molecule has 0 spiro atoms. The standard InChI is InChI=1S/C50H62F2N10O4/c1-33(63)58-25-17-41-40(31-58)46(59-20-7-8-35-26-38(36-28-53-55(2)30-36)39(48(51)52)27-45(35)59)32-60(41)37-15-23-57(24-16-37)19-6-5-18-56-21-13-34(14-22-56)29-61-42-9-3-4-10-43(42)62(50(61)66)44-11-12-47(64)54-49(44)65/h3-4,9-10,26-28,30,32,34,37,44,48H,5-8,11-25,29,31H2,1-2H3,(H,54,64,65). The summed E-state index contributed by atoms with van der Waals surface area (Å²) in [5.74, 6) is -0.268. The number of nitrogens with one attached hydrogen (secondary N) is 1. The van der Waals surface area contributed by atoms with Crippen molar-refractivity contribution in [2.45, 2.75) is 109 Å². The van der Waals surface area contributed by atoms with Crippen LogP contribution < -0.4 is 15.9 Å². The first-order valence-corrected chi connectivity index (χ1v) is 24.2. The van der Waals surface area contributed by atoms with Gasteiger partial charge < -0.3 is 24.2 Å². The molecule has 1 unspecified atom stereocenters. The fraction of sp³-hybridized carbons (Fsp3) is 0.540. The number of carbonyl (C=O) groups excluding carboxylic acids is 3. The number of anilines is 2. The van der Waals surface area contributed by atoms with Crippen molar-refractivity contribution in [3.63, 3.8) is 0 Å². The van der Waals surface area contributed by atoms with Crippen LogP contribution in [0.1, 0.15) is 106 Å². The summed E-state index contributed by atoms with van der Waals surface area (Å²) in [6.45, 7) is 10.4. The molecule has 0 radical (unpaired) electrons. The molecule has 2 aromatic carbocycles. The van der Waals surface area contributed by atoms with Crippen molar-refractivity contribution >= 4 is 40.1 Å². The Balaban J connectivity index is 0.743. The molecule has 0 aliphatic carbocycles. The average molecular weight is 905 g/mol. The quantitative estimate of drug-likeness (QED) is 0.108. The van der Waals surface area contributed by atoms with Crippen LogP contribution in [0.25, 0.3) is 22.2 Å². The molecule has 1 atom stereocenters. The minimum atomic E-state index is -2.63. The summed E-state index contributed by atoms with van der Waals surface area (Å²) in [6, 6.07) is 11.0. The van der Waals surface area contributed by atoms with Gasteiger partial charge in [0.05, 0.1) is 22.9 Å². The van der Waals surface area contributed by atoms with E-state index >= 15 is 0 Å². The molecule has 350 valence electrons. The van der Waals surface area contributed by atoms with Gasteiger partial charge in [-0.05, 0) is 125 Å². The van der Waals surface area contributed by atoms with E-state index in [1.54, 1.807) is 41.7 Å². The Kier molecular flexibility index (Phi) is 12.5. The number of alkyl halides is 2. The number of aryl methyl sites for hydroxylation is 2. The maximum absolute atomic E-state index is 14.8. The second-order valence-electron chi connectivity index (χ2n) is 19.3. The largest absolute Gasteiger partial charge is 0.346 e. The summed E-state index contributed by atoms with van der Waals surface area (Å²) >= 11 is 0. The molecular formula is C50H62F2N10O4. The predicted octanol–water partition coefficient (Wildman–Crippen LogP) is 6.74. The fourth-order valence-corrected chi connectivity index (χ4v) is 11.7. The highest BCUT2D eigenvalue weighted by Gasteiger charge is 2.35. The summed E-state index contributed by atoms with van der Waals surface area (Å²) < 4.78 is 37.1. The molecule has 1 N–H and O–H groups in total. The smallest absolute Gasteiger partial charge is 0.329 e. The molecule has 3 fully saturated rings. The van der Waals surface area contributed by atoms with E-state index in [9.17, 15) is 28.0 Å². The van der Waals surface area contributed by atoms with Gasteiger partial charge >= 0.3 is 5.69 Å². The number of carbonyl (C=O) groups is 3. The van der Waals surface area contributed by atoms with Crippen LogP contribution in [0.3, 0.4) is 0 Å².